The van der Waals surface area contributed by atoms with Crippen LogP contribution in [-0.2, 0) is 0 Å². The van der Waals surface area contributed by atoms with Crippen LogP contribution in [0.3, 0.4) is 0 Å². The minimum absolute atomic E-state index is 0.140. The molecular weight excluding hydrogens is 376 g/mol. The van der Waals surface area contributed by atoms with Gasteiger partial charge in [-0.25, -0.2) is 0 Å². The van der Waals surface area contributed by atoms with Crippen molar-refractivity contribution in [2.24, 2.45) is 0 Å². The van der Waals surface area contributed by atoms with Crippen LogP contribution in [0.25, 0.3) is 33.8 Å². The van der Waals surface area contributed by atoms with Crippen LogP contribution in [-0.4, -0.2) is 27.8 Å². The number of hydrogen-bond acceptors (Lipinski definition) is 7. The van der Waals surface area contributed by atoms with Crippen LogP contribution in [0.2, 0.25) is 0 Å². The van der Waals surface area contributed by atoms with E-state index >= 15 is 0 Å². The molecule has 3 aliphatic rings. The summed E-state index contributed by atoms with van der Waals surface area (Å²) in [6, 6.07) is 3.88. The fourth-order valence-corrected chi connectivity index (χ4v) is 4.38. The highest BCUT2D eigenvalue weighted by Gasteiger charge is 2.38. The van der Waals surface area contributed by atoms with Gasteiger partial charge in [-0.2, -0.15) is 0 Å². The second-order valence-corrected chi connectivity index (χ2v) is 7.14. The molecule has 6 rings (SSSR count). The van der Waals surface area contributed by atoms with E-state index in [1.54, 1.807) is 14.2 Å². The van der Waals surface area contributed by atoms with Crippen LogP contribution in [0, 0.1) is 13.8 Å². The lowest BCUT2D eigenvalue weighted by Crippen LogP contribution is -2.00. The lowest BCUT2D eigenvalue weighted by molar-refractivity contribution is 0.171. The number of ether oxygens (including phenoxy) is 6. The van der Waals surface area contributed by atoms with Gasteiger partial charge in [0.25, 0.3) is 0 Å². The third-order valence-electron chi connectivity index (χ3n) is 5.83. The van der Waals surface area contributed by atoms with E-state index in [4.69, 9.17) is 32.8 Å². The first-order valence-corrected chi connectivity index (χ1v) is 9.26. The molecule has 3 aromatic rings. The molecule has 0 fully saturated rings. The molecule has 7 heteroatoms. The molecule has 4 heterocycles. The van der Waals surface area contributed by atoms with Gasteiger partial charge in [-0.3, -0.25) is 0 Å². The Labute approximate surface area is 166 Å². The quantitative estimate of drug-likeness (QED) is 0.489. The molecule has 0 spiro atoms. The van der Waals surface area contributed by atoms with Crippen molar-refractivity contribution < 1.29 is 32.8 Å². The van der Waals surface area contributed by atoms with E-state index in [2.05, 4.69) is 0 Å². The summed E-state index contributed by atoms with van der Waals surface area (Å²) in [6.07, 6.45) is 0. The molecule has 148 valence electrons. The van der Waals surface area contributed by atoms with Crippen LogP contribution >= 0.6 is 0 Å². The van der Waals surface area contributed by atoms with Gasteiger partial charge in [-0.15, -0.1) is 0 Å². The van der Waals surface area contributed by atoms with Crippen molar-refractivity contribution >= 4 is 0 Å². The summed E-state index contributed by atoms with van der Waals surface area (Å²) in [5, 5.41) is 0. The minimum atomic E-state index is 0.140. The zero-order chi connectivity index (χ0) is 19.9. The summed E-state index contributed by atoms with van der Waals surface area (Å²) in [6.45, 7) is 4.38. The van der Waals surface area contributed by atoms with Crippen LogP contribution in [0.15, 0.2) is 16.5 Å². The molecule has 2 bridgehead atoms. The Bertz CT molecular complexity index is 1110. The van der Waals surface area contributed by atoms with E-state index in [1.165, 1.54) is 0 Å². The SMILES string of the molecule is COc1c2c(cc3c1-c1c(cc4c(c1OC)OCO4)-c1oc-3c(C)c1C)OCO2. The van der Waals surface area contributed by atoms with Crippen molar-refractivity contribution in [3.8, 4) is 68.3 Å². The highest BCUT2D eigenvalue weighted by Crippen LogP contribution is 2.62. The highest BCUT2D eigenvalue weighted by atomic mass is 16.7. The van der Waals surface area contributed by atoms with Gasteiger partial charge >= 0.3 is 0 Å². The predicted octanol–water partition coefficient (Wildman–Crippen LogP) is 4.69. The van der Waals surface area contributed by atoms with Crippen molar-refractivity contribution in [2.75, 3.05) is 27.8 Å². The first-order chi connectivity index (χ1) is 14.1. The third-order valence-corrected chi connectivity index (χ3v) is 5.83. The number of rotatable bonds is 2. The van der Waals surface area contributed by atoms with Crippen LogP contribution in [0.4, 0.5) is 0 Å². The Morgan fingerprint density at radius 1 is 0.690 bits per heavy atom. The molecule has 1 aromatic heterocycles. The topological polar surface area (TPSA) is 68.5 Å². The van der Waals surface area contributed by atoms with Crippen LogP contribution < -0.4 is 28.4 Å². The molecule has 0 saturated heterocycles. The second kappa shape index (κ2) is 5.53. The van der Waals surface area contributed by atoms with Crippen LogP contribution in [0.1, 0.15) is 11.1 Å². The molecule has 0 aliphatic carbocycles. The van der Waals surface area contributed by atoms with Crippen LogP contribution in [0.5, 0.6) is 34.5 Å². The summed E-state index contributed by atoms with van der Waals surface area (Å²) >= 11 is 0. The van der Waals surface area contributed by atoms with E-state index < -0.39 is 0 Å². The molecule has 7 nitrogen and oxygen atoms in total. The molecule has 0 saturated carbocycles. The Morgan fingerprint density at radius 2 is 1.14 bits per heavy atom. The monoisotopic (exact) mass is 394 g/mol. The van der Waals surface area contributed by atoms with E-state index in [9.17, 15) is 0 Å². The minimum Gasteiger partial charge on any atom is -0.492 e. The van der Waals surface area contributed by atoms with E-state index in [0.717, 1.165) is 44.9 Å². The normalized spacial score (nSPS) is 14.3. The number of benzene rings is 2. The Hall–Kier alpha value is -3.48. The average Bonchev–Trinajstić information content (AvgIpc) is 3.43. The molecule has 0 unspecified atom stereocenters. The summed E-state index contributed by atoms with van der Waals surface area (Å²) < 4.78 is 40.8. The Morgan fingerprint density at radius 3 is 1.55 bits per heavy atom. The summed E-state index contributed by atoms with van der Waals surface area (Å²) in [5.74, 6) is 5.06. The van der Waals surface area contributed by atoms with Crippen molar-refractivity contribution in [3.63, 3.8) is 0 Å². The standard InChI is InChI=1S/C22H18O7/c1-9-10(2)18-12-6-14-20(28-8-26-14)22(24-4)16(12)15-11(17(9)29-18)5-13-19(21(15)23-3)27-7-25-13/h5-6H,7-8H2,1-4H3. The fraction of sp³-hybridized carbons (Fsp3) is 0.273. The first kappa shape index (κ1) is 16.5. The van der Waals surface area contributed by atoms with Crippen molar-refractivity contribution in [3.05, 3.63) is 23.3 Å². The molecule has 0 atom stereocenters. The second-order valence-electron chi connectivity index (χ2n) is 7.14. The highest BCUT2D eigenvalue weighted by molar-refractivity contribution is 6.03. The van der Waals surface area contributed by atoms with Gasteiger partial charge in [-0.1, -0.05) is 0 Å². The third kappa shape index (κ3) is 1.92. The number of methoxy groups -OCH3 is 2. The molecule has 0 amide bonds. The van der Waals surface area contributed by atoms with E-state index in [-0.39, 0.29) is 13.6 Å². The smallest absolute Gasteiger partial charge is 0.231 e. The number of furan rings is 1. The summed E-state index contributed by atoms with van der Waals surface area (Å²) in [5.41, 5.74) is 5.47. The van der Waals surface area contributed by atoms with E-state index in [0.29, 0.717) is 34.5 Å². The molecule has 3 aliphatic heterocycles. The largest absolute Gasteiger partial charge is 0.492 e. The number of hydrogen-bond donors (Lipinski definition) is 0. The molecule has 0 radical (unpaired) electrons. The Kier molecular flexibility index (Phi) is 3.14. The van der Waals surface area contributed by atoms with E-state index in [1.807, 2.05) is 26.0 Å². The van der Waals surface area contributed by atoms with Gasteiger partial charge in [-0.05, 0) is 37.1 Å². The zero-order valence-corrected chi connectivity index (χ0v) is 16.4. The average molecular weight is 394 g/mol. The maximum atomic E-state index is 6.37. The first-order valence-electron chi connectivity index (χ1n) is 9.26. The predicted molar refractivity (Wildman–Crippen MR) is 103 cm³/mol. The fourth-order valence-electron chi connectivity index (χ4n) is 4.38. The summed E-state index contributed by atoms with van der Waals surface area (Å²) in [7, 11) is 3.24. The molecule has 0 N–H and O–H groups in total. The van der Waals surface area contributed by atoms with Gasteiger partial charge < -0.3 is 32.8 Å². The zero-order valence-electron chi connectivity index (χ0n) is 16.4. The summed E-state index contributed by atoms with van der Waals surface area (Å²) in [4.78, 5) is 0. The number of fused-ring (bicyclic) bond motifs is 9. The van der Waals surface area contributed by atoms with Crippen molar-refractivity contribution in [1.82, 2.24) is 0 Å². The Balaban J connectivity index is 1.84. The van der Waals surface area contributed by atoms with Crippen molar-refractivity contribution in [1.29, 1.82) is 0 Å². The van der Waals surface area contributed by atoms with Gasteiger partial charge in [0.05, 0.1) is 14.2 Å². The lowest BCUT2D eigenvalue weighted by atomic mass is 9.87. The van der Waals surface area contributed by atoms with Gasteiger partial charge in [0, 0.05) is 22.3 Å². The maximum absolute atomic E-state index is 6.37. The van der Waals surface area contributed by atoms with Gasteiger partial charge in [0.15, 0.2) is 23.0 Å². The lowest BCUT2D eigenvalue weighted by Gasteiger charge is -2.20. The maximum Gasteiger partial charge on any atom is 0.231 e. The van der Waals surface area contributed by atoms with Gasteiger partial charge in [0.2, 0.25) is 25.1 Å². The molecule has 2 aromatic carbocycles. The molecular formula is C22H18O7. The van der Waals surface area contributed by atoms with Gasteiger partial charge in [0.1, 0.15) is 11.5 Å². The molecule has 29 heavy (non-hydrogen) atoms. The van der Waals surface area contributed by atoms with Crippen molar-refractivity contribution in [2.45, 2.75) is 13.8 Å².